The number of thiophene rings is 1. The van der Waals surface area contributed by atoms with Crippen LogP contribution in [0.3, 0.4) is 0 Å². The predicted molar refractivity (Wildman–Crippen MR) is 125 cm³/mol. The first-order valence-corrected chi connectivity index (χ1v) is 9.94. The zero-order chi connectivity index (χ0) is 18.4. The van der Waals surface area contributed by atoms with Crippen LogP contribution in [0.25, 0.3) is 0 Å². The second-order valence-electron chi connectivity index (χ2n) is 6.67. The molecule has 2 heterocycles. The van der Waals surface area contributed by atoms with Gasteiger partial charge in [0.2, 0.25) is 0 Å². The lowest BCUT2D eigenvalue weighted by atomic mass is 10.1. The van der Waals surface area contributed by atoms with Gasteiger partial charge in [-0.25, -0.2) is 0 Å². The van der Waals surface area contributed by atoms with Gasteiger partial charge in [0, 0.05) is 31.4 Å². The van der Waals surface area contributed by atoms with Crippen LogP contribution in [-0.2, 0) is 12.8 Å². The van der Waals surface area contributed by atoms with Gasteiger partial charge in [0.1, 0.15) is 5.75 Å². The van der Waals surface area contributed by atoms with Crippen molar-refractivity contribution in [3.05, 3.63) is 51.7 Å². The van der Waals surface area contributed by atoms with Crippen molar-refractivity contribution in [2.75, 3.05) is 40.8 Å². The van der Waals surface area contributed by atoms with Crippen molar-refractivity contribution < 1.29 is 4.74 Å². The lowest BCUT2D eigenvalue weighted by molar-refractivity contribution is 0.302. The Morgan fingerprint density at radius 3 is 2.85 bits per heavy atom. The summed E-state index contributed by atoms with van der Waals surface area (Å²) in [5.41, 5.74) is 2.66. The second-order valence-corrected chi connectivity index (χ2v) is 7.64. The molecular formula is C20H29IN4OS. The summed E-state index contributed by atoms with van der Waals surface area (Å²) in [4.78, 5) is 7.94. The number of benzene rings is 1. The molecule has 1 unspecified atom stereocenters. The summed E-state index contributed by atoms with van der Waals surface area (Å²) in [6, 6.07) is 11.1. The molecule has 0 bridgehead atoms. The minimum Gasteiger partial charge on any atom is -0.493 e. The number of aliphatic imine (C=N–C) groups is 1. The Bertz CT molecular complexity index is 734. The Hall–Kier alpha value is -1.32. The number of nitrogens with one attached hydrogen (secondary N) is 2. The standard InChI is InChI=1S/C20H28N4OS.HI/c1-21-20(23-14-17(24(2)3)19-5-4-12-26-19)22-10-8-15-6-7-18-16(13-15)9-11-25-18;/h4-7,12-13,17H,8-11,14H2,1-3H3,(H2,21,22,23);1H. The van der Waals surface area contributed by atoms with Crippen LogP contribution in [0, 0.1) is 0 Å². The SMILES string of the molecule is CN=C(NCCc1ccc2c(c1)CCO2)NCC(c1cccs1)N(C)C.I. The fraction of sp³-hybridized carbons (Fsp3) is 0.450. The summed E-state index contributed by atoms with van der Waals surface area (Å²) in [6.07, 6.45) is 1.99. The molecule has 0 saturated carbocycles. The van der Waals surface area contributed by atoms with Gasteiger partial charge in [-0.2, -0.15) is 0 Å². The molecule has 0 saturated heterocycles. The Kier molecular flexibility index (Phi) is 8.85. The largest absolute Gasteiger partial charge is 0.493 e. The summed E-state index contributed by atoms with van der Waals surface area (Å²) in [5, 5.41) is 8.99. The highest BCUT2D eigenvalue weighted by atomic mass is 127. The van der Waals surface area contributed by atoms with E-state index < -0.39 is 0 Å². The lowest BCUT2D eigenvalue weighted by Gasteiger charge is -2.24. The summed E-state index contributed by atoms with van der Waals surface area (Å²) in [6.45, 7) is 2.49. The molecule has 1 atom stereocenters. The molecule has 0 fully saturated rings. The molecule has 27 heavy (non-hydrogen) atoms. The van der Waals surface area contributed by atoms with Crippen LogP contribution in [0.15, 0.2) is 40.7 Å². The Labute approximate surface area is 183 Å². The van der Waals surface area contributed by atoms with E-state index in [2.05, 4.69) is 70.3 Å². The molecule has 0 aliphatic carbocycles. The predicted octanol–water partition coefficient (Wildman–Crippen LogP) is 3.31. The van der Waals surface area contributed by atoms with Gasteiger partial charge in [0.15, 0.2) is 5.96 Å². The second kappa shape index (κ2) is 10.9. The van der Waals surface area contributed by atoms with Crippen LogP contribution in [0.4, 0.5) is 0 Å². The molecule has 1 aromatic carbocycles. The molecule has 7 heteroatoms. The fourth-order valence-corrected chi connectivity index (χ4v) is 4.08. The van der Waals surface area contributed by atoms with Gasteiger partial charge in [-0.1, -0.05) is 18.2 Å². The molecule has 2 aromatic rings. The summed E-state index contributed by atoms with van der Waals surface area (Å²) >= 11 is 1.79. The van der Waals surface area contributed by atoms with E-state index in [1.807, 2.05) is 7.05 Å². The van der Waals surface area contributed by atoms with Crippen LogP contribution in [0.5, 0.6) is 5.75 Å². The van der Waals surface area contributed by atoms with Crippen LogP contribution in [-0.4, -0.2) is 51.7 Å². The number of fused-ring (bicyclic) bond motifs is 1. The molecule has 3 rings (SSSR count). The molecule has 148 valence electrons. The Balaban J connectivity index is 0.00000261. The fourth-order valence-electron chi connectivity index (χ4n) is 3.15. The molecule has 1 aliphatic heterocycles. The maximum atomic E-state index is 5.57. The first-order chi connectivity index (χ1) is 12.7. The van der Waals surface area contributed by atoms with Crippen LogP contribution in [0.1, 0.15) is 22.0 Å². The van der Waals surface area contributed by atoms with Gasteiger partial charge in [0.25, 0.3) is 0 Å². The van der Waals surface area contributed by atoms with Gasteiger partial charge < -0.3 is 20.3 Å². The minimum absolute atomic E-state index is 0. The summed E-state index contributed by atoms with van der Waals surface area (Å²) in [7, 11) is 6.04. The van der Waals surface area contributed by atoms with Crippen LogP contribution in [0.2, 0.25) is 0 Å². The third-order valence-corrected chi connectivity index (χ3v) is 5.61. The van der Waals surface area contributed by atoms with Crippen molar-refractivity contribution in [1.82, 2.24) is 15.5 Å². The highest BCUT2D eigenvalue weighted by molar-refractivity contribution is 14.0. The van der Waals surface area contributed by atoms with E-state index in [-0.39, 0.29) is 24.0 Å². The maximum absolute atomic E-state index is 5.57. The quantitative estimate of drug-likeness (QED) is 0.348. The van der Waals surface area contributed by atoms with Crippen LogP contribution < -0.4 is 15.4 Å². The molecule has 1 aromatic heterocycles. The van der Waals surface area contributed by atoms with Gasteiger partial charge >= 0.3 is 0 Å². The smallest absolute Gasteiger partial charge is 0.191 e. The first kappa shape index (κ1) is 22.0. The third kappa shape index (κ3) is 6.08. The van der Waals surface area contributed by atoms with E-state index in [9.17, 15) is 0 Å². The number of likely N-dealkylation sites (N-methyl/N-ethyl adjacent to an activating group) is 1. The summed E-state index contributed by atoms with van der Waals surface area (Å²) < 4.78 is 5.57. The van der Waals surface area contributed by atoms with Crippen LogP contribution >= 0.6 is 35.3 Å². The van der Waals surface area contributed by atoms with E-state index >= 15 is 0 Å². The topological polar surface area (TPSA) is 48.9 Å². The number of guanidine groups is 1. The monoisotopic (exact) mass is 500 g/mol. The van der Waals surface area contributed by atoms with Crippen molar-refractivity contribution in [3.8, 4) is 5.75 Å². The number of nitrogens with zero attached hydrogens (tertiary/aromatic N) is 2. The number of hydrogen-bond acceptors (Lipinski definition) is 4. The Morgan fingerprint density at radius 1 is 1.30 bits per heavy atom. The van der Waals surface area contributed by atoms with E-state index in [0.717, 1.165) is 44.2 Å². The summed E-state index contributed by atoms with van der Waals surface area (Å²) in [5.74, 6) is 1.89. The lowest BCUT2D eigenvalue weighted by Crippen LogP contribution is -2.42. The highest BCUT2D eigenvalue weighted by Gasteiger charge is 2.15. The third-order valence-electron chi connectivity index (χ3n) is 4.64. The van der Waals surface area contributed by atoms with Gasteiger partial charge in [-0.15, -0.1) is 35.3 Å². The average Bonchev–Trinajstić information content (AvgIpc) is 3.31. The molecule has 0 spiro atoms. The average molecular weight is 500 g/mol. The van der Waals surface area contributed by atoms with E-state index in [0.29, 0.717) is 6.04 Å². The number of halogens is 1. The van der Waals surface area contributed by atoms with E-state index in [4.69, 9.17) is 4.74 Å². The number of ether oxygens (including phenoxy) is 1. The van der Waals surface area contributed by atoms with Crippen molar-refractivity contribution in [3.63, 3.8) is 0 Å². The molecule has 1 aliphatic rings. The molecule has 2 N–H and O–H groups in total. The Morgan fingerprint density at radius 2 is 2.15 bits per heavy atom. The maximum Gasteiger partial charge on any atom is 0.191 e. The van der Waals surface area contributed by atoms with Gasteiger partial charge in [0.05, 0.1) is 12.6 Å². The molecule has 0 amide bonds. The highest BCUT2D eigenvalue weighted by Crippen LogP contribution is 2.26. The van der Waals surface area contributed by atoms with E-state index in [1.54, 1.807) is 11.3 Å². The first-order valence-electron chi connectivity index (χ1n) is 9.06. The van der Waals surface area contributed by atoms with Gasteiger partial charge in [-0.05, 0) is 49.2 Å². The number of hydrogen-bond donors (Lipinski definition) is 2. The van der Waals surface area contributed by atoms with Gasteiger partial charge in [-0.3, -0.25) is 4.99 Å². The minimum atomic E-state index is 0. The molecule has 0 radical (unpaired) electrons. The number of rotatable bonds is 7. The molecular weight excluding hydrogens is 471 g/mol. The van der Waals surface area contributed by atoms with Crippen molar-refractivity contribution in [1.29, 1.82) is 0 Å². The van der Waals surface area contributed by atoms with Crippen molar-refractivity contribution in [2.45, 2.75) is 18.9 Å². The van der Waals surface area contributed by atoms with Crippen molar-refractivity contribution >= 4 is 41.3 Å². The van der Waals surface area contributed by atoms with Crippen molar-refractivity contribution in [2.24, 2.45) is 4.99 Å². The normalized spacial score (nSPS) is 14.3. The van der Waals surface area contributed by atoms with E-state index in [1.165, 1.54) is 16.0 Å². The zero-order valence-corrected chi connectivity index (χ0v) is 19.3. The zero-order valence-electron chi connectivity index (χ0n) is 16.2. The molecule has 5 nitrogen and oxygen atoms in total.